The van der Waals surface area contributed by atoms with Gasteiger partial charge in [-0.3, -0.25) is 10.1 Å². The number of hydrogen-bond donors (Lipinski definition) is 1. The summed E-state index contributed by atoms with van der Waals surface area (Å²) in [5, 5.41) is 9.25. The van der Waals surface area contributed by atoms with E-state index in [-0.39, 0.29) is 5.91 Å². The standard InChI is InChI=1S/C20H16BrN3O3S2/c1-11-15(12(2)27-24-11)9-26-14-5-3-13(4-6-14)19(25)23-20-22-16(10-28-20)17-7-8-18(21)29-17/h3-8,10H,9H2,1-2H3,(H,22,23,25). The maximum absolute atomic E-state index is 12.5. The van der Waals surface area contributed by atoms with Gasteiger partial charge in [0.05, 0.1) is 25.6 Å². The Bertz CT molecular complexity index is 1130. The summed E-state index contributed by atoms with van der Waals surface area (Å²) in [5.41, 5.74) is 3.13. The molecule has 3 heterocycles. The van der Waals surface area contributed by atoms with E-state index in [0.29, 0.717) is 23.1 Å². The highest BCUT2D eigenvalue weighted by molar-refractivity contribution is 9.11. The first-order valence-corrected chi connectivity index (χ1v) is 11.2. The minimum atomic E-state index is -0.212. The molecule has 1 amide bonds. The van der Waals surface area contributed by atoms with Crippen LogP contribution in [-0.2, 0) is 6.61 Å². The van der Waals surface area contributed by atoms with Gasteiger partial charge in [0.25, 0.3) is 5.91 Å². The van der Waals surface area contributed by atoms with Crippen molar-refractivity contribution in [3.8, 4) is 16.3 Å². The van der Waals surface area contributed by atoms with Crippen molar-refractivity contribution >= 4 is 49.6 Å². The molecule has 0 aliphatic heterocycles. The van der Waals surface area contributed by atoms with Crippen molar-refractivity contribution < 1.29 is 14.1 Å². The summed E-state index contributed by atoms with van der Waals surface area (Å²) in [7, 11) is 0. The molecule has 1 aromatic carbocycles. The molecule has 0 aliphatic carbocycles. The summed E-state index contributed by atoms with van der Waals surface area (Å²) in [6.07, 6.45) is 0. The van der Waals surface area contributed by atoms with Crippen molar-refractivity contribution in [1.29, 1.82) is 0 Å². The molecular formula is C20H16BrN3O3S2. The lowest BCUT2D eigenvalue weighted by Gasteiger charge is -2.07. The van der Waals surface area contributed by atoms with Crippen molar-refractivity contribution in [3.05, 3.63) is 68.1 Å². The number of thiazole rings is 1. The van der Waals surface area contributed by atoms with Crippen LogP contribution in [0.4, 0.5) is 5.13 Å². The average molecular weight is 490 g/mol. The number of carbonyl (C=O) groups is 1. The lowest BCUT2D eigenvalue weighted by molar-refractivity contribution is 0.102. The van der Waals surface area contributed by atoms with Crippen LogP contribution in [0.15, 0.2) is 50.1 Å². The number of anilines is 1. The molecule has 0 saturated heterocycles. The molecule has 0 saturated carbocycles. The van der Waals surface area contributed by atoms with Gasteiger partial charge in [-0.25, -0.2) is 4.98 Å². The molecule has 0 aliphatic rings. The number of hydrogen-bond acceptors (Lipinski definition) is 7. The van der Waals surface area contributed by atoms with Crippen molar-refractivity contribution in [2.75, 3.05) is 5.32 Å². The summed E-state index contributed by atoms with van der Waals surface area (Å²) in [4.78, 5) is 18.0. The number of nitrogens with one attached hydrogen (secondary N) is 1. The van der Waals surface area contributed by atoms with Gasteiger partial charge in [-0.05, 0) is 66.2 Å². The topological polar surface area (TPSA) is 77.2 Å². The maximum Gasteiger partial charge on any atom is 0.257 e. The Hall–Kier alpha value is -2.49. The average Bonchev–Trinajstić information content (AvgIpc) is 3.42. The monoisotopic (exact) mass is 489 g/mol. The SMILES string of the molecule is Cc1noc(C)c1COc1ccc(C(=O)Nc2nc(-c3ccc(Br)s3)cs2)cc1. The third-order valence-corrected chi connectivity index (χ3v) is 6.64. The molecule has 148 valence electrons. The predicted octanol–water partition coefficient (Wildman–Crippen LogP) is 6.07. The van der Waals surface area contributed by atoms with Crippen molar-refractivity contribution in [3.63, 3.8) is 0 Å². The summed E-state index contributed by atoms with van der Waals surface area (Å²) in [6.45, 7) is 4.10. The number of benzene rings is 1. The number of rotatable bonds is 6. The lowest BCUT2D eigenvalue weighted by atomic mass is 10.2. The van der Waals surface area contributed by atoms with Crippen LogP contribution >= 0.6 is 38.6 Å². The van der Waals surface area contributed by atoms with Crippen molar-refractivity contribution in [2.24, 2.45) is 0 Å². The van der Waals surface area contributed by atoms with Gasteiger partial charge in [-0.15, -0.1) is 22.7 Å². The first-order valence-electron chi connectivity index (χ1n) is 8.67. The quantitative estimate of drug-likeness (QED) is 0.355. The van der Waals surface area contributed by atoms with E-state index in [0.717, 1.165) is 31.4 Å². The third kappa shape index (κ3) is 4.58. The van der Waals surface area contributed by atoms with Crippen LogP contribution in [0, 0.1) is 13.8 Å². The van der Waals surface area contributed by atoms with Gasteiger partial charge >= 0.3 is 0 Å². The van der Waals surface area contributed by atoms with Crippen LogP contribution in [0.1, 0.15) is 27.4 Å². The number of aromatic nitrogens is 2. The zero-order chi connectivity index (χ0) is 20.4. The molecule has 4 rings (SSSR count). The molecule has 6 nitrogen and oxygen atoms in total. The van der Waals surface area contributed by atoms with Crippen molar-refractivity contribution in [2.45, 2.75) is 20.5 Å². The third-order valence-electron chi connectivity index (χ3n) is 4.23. The summed E-state index contributed by atoms with van der Waals surface area (Å²) in [6, 6.07) is 11.0. The molecule has 0 spiro atoms. The van der Waals surface area contributed by atoms with Crippen LogP contribution in [0.3, 0.4) is 0 Å². The van der Waals surface area contributed by atoms with E-state index in [1.54, 1.807) is 35.6 Å². The summed E-state index contributed by atoms with van der Waals surface area (Å²) < 4.78 is 12.0. The minimum Gasteiger partial charge on any atom is -0.489 e. The number of thiophene rings is 1. The molecule has 0 fully saturated rings. The van der Waals surface area contributed by atoms with Gasteiger partial charge < -0.3 is 9.26 Å². The molecule has 0 radical (unpaired) electrons. The van der Waals surface area contributed by atoms with E-state index in [9.17, 15) is 4.79 Å². The van der Waals surface area contributed by atoms with Gasteiger partial charge in [0.15, 0.2) is 5.13 Å². The number of halogens is 1. The summed E-state index contributed by atoms with van der Waals surface area (Å²) >= 11 is 6.45. The fourth-order valence-electron chi connectivity index (χ4n) is 2.63. The highest BCUT2D eigenvalue weighted by Gasteiger charge is 2.12. The van der Waals surface area contributed by atoms with Gasteiger partial charge in [0.1, 0.15) is 18.1 Å². The molecule has 9 heteroatoms. The van der Waals surface area contributed by atoms with Crippen LogP contribution in [0.5, 0.6) is 5.75 Å². The van der Waals surface area contributed by atoms with E-state index < -0.39 is 0 Å². The number of nitrogens with zero attached hydrogens (tertiary/aromatic N) is 2. The molecule has 3 aromatic heterocycles. The van der Waals surface area contributed by atoms with E-state index in [2.05, 4.69) is 31.4 Å². The second kappa shape index (κ2) is 8.48. The van der Waals surface area contributed by atoms with Crippen LogP contribution in [-0.4, -0.2) is 16.0 Å². The van der Waals surface area contributed by atoms with E-state index >= 15 is 0 Å². The van der Waals surface area contributed by atoms with Gasteiger partial charge in [0.2, 0.25) is 0 Å². The van der Waals surface area contributed by atoms with Crippen LogP contribution in [0.25, 0.3) is 10.6 Å². The van der Waals surface area contributed by atoms with Crippen molar-refractivity contribution in [1.82, 2.24) is 10.1 Å². The van der Waals surface area contributed by atoms with Crippen LogP contribution < -0.4 is 10.1 Å². The molecule has 29 heavy (non-hydrogen) atoms. The van der Waals surface area contributed by atoms with E-state index in [4.69, 9.17) is 9.26 Å². The fourth-order valence-corrected chi connectivity index (χ4v) is 4.76. The highest BCUT2D eigenvalue weighted by Crippen LogP contribution is 2.33. The minimum absolute atomic E-state index is 0.212. The van der Waals surface area contributed by atoms with Gasteiger partial charge in [-0.2, -0.15) is 0 Å². The molecule has 1 N–H and O–H groups in total. The highest BCUT2D eigenvalue weighted by atomic mass is 79.9. The molecular weight excluding hydrogens is 474 g/mol. The Morgan fingerprint density at radius 1 is 1.21 bits per heavy atom. The smallest absolute Gasteiger partial charge is 0.257 e. The number of aryl methyl sites for hydroxylation is 2. The number of carbonyl (C=O) groups excluding carboxylic acids is 1. The molecule has 0 unspecified atom stereocenters. The van der Waals surface area contributed by atoms with Gasteiger partial charge in [-0.1, -0.05) is 5.16 Å². The lowest BCUT2D eigenvalue weighted by Crippen LogP contribution is -2.11. The van der Waals surface area contributed by atoms with Gasteiger partial charge in [0, 0.05) is 10.9 Å². The summed E-state index contributed by atoms with van der Waals surface area (Å²) in [5.74, 6) is 1.20. The Morgan fingerprint density at radius 3 is 2.66 bits per heavy atom. The zero-order valence-electron chi connectivity index (χ0n) is 15.6. The Balaban J connectivity index is 1.37. The molecule has 0 atom stereocenters. The fraction of sp³-hybridized carbons (Fsp3) is 0.150. The Labute approximate surface area is 183 Å². The number of amides is 1. The largest absolute Gasteiger partial charge is 0.489 e. The van der Waals surface area contributed by atoms with Crippen LogP contribution in [0.2, 0.25) is 0 Å². The zero-order valence-corrected chi connectivity index (χ0v) is 18.8. The van der Waals surface area contributed by atoms with E-state index in [1.165, 1.54) is 11.3 Å². The normalized spacial score (nSPS) is 10.9. The maximum atomic E-state index is 12.5. The van der Waals surface area contributed by atoms with E-state index in [1.807, 2.05) is 31.4 Å². The Morgan fingerprint density at radius 2 is 2.00 bits per heavy atom. The first-order chi connectivity index (χ1) is 14.0. The second-order valence-electron chi connectivity index (χ2n) is 6.21. The molecule has 4 aromatic rings. The second-order valence-corrected chi connectivity index (χ2v) is 9.53. The number of ether oxygens (including phenoxy) is 1. The Kier molecular flexibility index (Phi) is 5.79. The first kappa shape index (κ1) is 19.8. The predicted molar refractivity (Wildman–Crippen MR) is 118 cm³/mol. The molecule has 0 bridgehead atoms.